The normalized spacial score (nSPS) is 9.50. The molecule has 0 aliphatic carbocycles. The molecule has 0 fully saturated rings. The van der Waals surface area contributed by atoms with Crippen LogP contribution in [0, 0.1) is 22.2 Å². The van der Waals surface area contributed by atoms with E-state index in [0.29, 0.717) is 5.56 Å². The summed E-state index contributed by atoms with van der Waals surface area (Å²) in [6, 6.07) is 14.6. The molecule has 0 spiro atoms. The van der Waals surface area contributed by atoms with Gasteiger partial charge in [0.1, 0.15) is 11.3 Å². The van der Waals surface area contributed by atoms with Crippen LogP contribution in [0.4, 0.5) is 5.69 Å². The van der Waals surface area contributed by atoms with Crippen LogP contribution in [0.15, 0.2) is 36.4 Å². The molecule has 0 aliphatic rings. The standard InChI is InChI=1S/C12H7NO3/c14-11-8-4-7-10(13(15)16)12(11)9-5-2-1-3-6-9/h1-2,4-5,7-8,14H. The highest BCUT2D eigenvalue weighted by molar-refractivity contribution is 5.78. The summed E-state index contributed by atoms with van der Waals surface area (Å²) >= 11 is 0. The first-order valence-electron chi connectivity index (χ1n) is 4.55. The molecule has 0 aliphatic heterocycles. The van der Waals surface area contributed by atoms with E-state index in [9.17, 15) is 15.2 Å². The Morgan fingerprint density at radius 2 is 2.06 bits per heavy atom. The van der Waals surface area contributed by atoms with Gasteiger partial charge in [0.05, 0.1) is 4.92 Å². The van der Waals surface area contributed by atoms with E-state index in [1.807, 2.05) is 0 Å². The van der Waals surface area contributed by atoms with Gasteiger partial charge >= 0.3 is 0 Å². The third-order valence-electron chi connectivity index (χ3n) is 2.14. The number of nitro groups is 1. The lowest BCUT2D eigenvalue weighted by molar-refractivity contribution is -0.384. The number of phenols is 1. The fourth-order valence-corrected chi connectivity index (χ4v) is 1.46. The van der Waals surface area contributed by atoms with Crippen LogP contribution < -0.4 is 0 Å². The molecule has 0 unspecified atom stereocenters. The van der Waals surface area contributed by atoms with Crippen LogP contribution in [-0.2, 0) is 0 Å². The summed E-state index contributed by atoms with van der Waals surface area (Å²) in [4.78, 5) is 10.3. The first-order valence-corrected chi connectivity index (χ1v) is 4.55. The molecule has 2 aromatic rings. The van der Waals surface area contributed by atoms with E-state index < -0.39 is 4.92 Å². The predicted molar refractivity (Wildman–Crippen MR) is 57.9 cm³/mol. The van der Waals surface area contributed by atoms with Crippen LogP contribution in [0.2, 0.25) is 0 Å². The maximum absolute atomic E-state index is 10.8. The number of benzene rings is 1. The van der Waals surface area contributed by atoms with Crippen molar-refractivity contribution < 1.29 is 10.0 Å². The summed E-state index contributed by atoms with van der Waals surface area (Å²) in [5.41, 5.74) is 0.479. The van der Waals surface area contributed by atoms with Crippen molar-refractivity contribution in [3.05, 3.63) is 58.6 Å². The van der Waals surface area contributed by atoms with Gasteiger partial charge in [-0.25, -0.2) is 0 Å². The maximum Gasteiger partial charge on any atom is 0.281 e. The van der Waals surface area contributed by atoms with E-state index in [0.717, 1.165) is 0 Å². The second-order valence-corrected chi connectivity index (χ2v) is 3.14. The van der Waals surface area contributed by atoms with Gasteiger partial charge < -0.3 is 5.11 Å². The molecular weight excluding hydrogens is 206 g/mol. The number of nitro benzene ring substituents is 1. The number of hydrogen-bond acceptors (Lipinski definition) is 3. The minimum atomic E-state index is -0.532. The average Bonchev–Trinajstić information content (AvgIpc) is 2.29. The summed E-state index contributed by atoms with van der Waals surface area (Å²) < 4.78 is 0. The van der Waals surface area contributed by atoms with Crippen molar-refractivity contribution >= 4 is 5.69 Å². The maximum atomic E-state index is 10.8. The molecule has 4 heteroatoms. The largest absolute Gasteiger partial charge is 0.507 e. The minimum absolute atomic E-state index is 0.134. The van der Waals surface area contributed by atoms with Crippen LogP contribution >= 0.6 is 0 Å². The SMILES string of the molecule is O=[N+]([O-])c1cccc(O)c1-c1c#cccc1. The summed E-state index contributed by atoms with van der Waals surface area (Å²) in [5, 5.41) is 20.5. The molecule has 0 bridgehead atoms. The van der Waals surface area contributed by atoms with Gasteiger partial charge in [-0.05, 0) is 18.2 Å². The van der Waals surface area contributed by atoms with Gasteiger partial charge in [-0.2, -0.15) is 0 Å². The second kappa shape index (κ2) is 3.91. The fraction of sp³-hybridized carbons (Fsp3) is 0. The molecule has 0 amide bonds. The minimum Gasteiger partial charge on any atom is -0.507 e. The van der Waals surface area contributed by atoms with Crippen molar-refractivity contribution in [3.63, 3.8) is 0 Å². The zero-order valence-corrected chi connectivity index (χ0v) is 8.18. The van der Waals surface area contributed by atoms with Crippen molar-refractivity contribution in [2.24, 2.45) is 0 Å². The molecular formula is C12H7NO3. The van der Waals surface area contributed by atoms with Gasteiger partial charge in [-0.1, -0.05) is 24.3 Å². The highest BCUT2D eigenvalue weighted by atomic mass is 16.6. The Labute approximate surface area is 91.9 Å². The summed E-state index contributed by atoms with van der Waals surface area (Å²) in [6.07, 6.45) is 0. The van der Waals surface area contributed by atoms with E-state index in [1.54, 1.807) is 18.2 Å². The van der Waals surface area contributed by atoms with E-state index in [1.165, 1.54) is 18.2 Å². The summed E-state index contributed by atoms with van der Waals surface area (Å²) in [6.45, 7) is 0. The Kier molecular flexibility index (Phi) is 2.44. The Hall–Kier alpha value is -2.54. The average molecular weight is 213 g/mol. The molecule has 0 atom stereocenters. The van der Waals surface area contributed by atoms with Crippen LogP contribution in [0.5, 0.6) is 5.75 Å². The predicted octanol–water partition coefficient (Wildman–Crippen LogP) is 2.57. The highest BCUT2D eigenvalue weighted by Gasteiger charge is 2.18. The van der Waals surface area contributed by atoms with Gasteiger partial charge in [-0.15, -0.1) is 0 Å². The topological polar surface area (TPSA) is 63.4 Å². The smallest absolute Gasteiger partial charge is 0.281 e. The Morgan fingerprint density at radius 3 is 2.69 bits per heavy atom. The Bertz CT molecular complexity index is 523. The second-order valence-electron chi connectivity index (χ2n) is 3.14. The summed E-state index contributed by atoms with van der Waals surface area (Å²) in [7, 11) is 0. The molecule has 0 heterocycles. The molecule has 0 radical (unpaired) electrons. The number of hydrogen-bond donors (Lipinski definition) is 1. The quantitative estimate of drug-likeness (QED) is 0.615. The zero-order valence-electron chi connectivity index (χ0n) is 8.18. The van der Waals surface area contributed by atoms with Crippen LogP contribution in [0.25, 0.3) is 11.1 Å². The van der Waals surface area contributed by atoms with Crippen molar-refractivity contribution in [3.8, 4) is 16.9 Å². The van der Waals surface area contributed by atoms with Crippen molar-refractivity contribution in [2.45, 2.75) is 0 Å². The Morgan fingerprint density at radius 1 is 1.25 bits per heavy atom. The lowest BCUT2D eigenvalue weighted by atomic mass is 10.0. The first kappa shape index (κ1) is 9.99. The van der Waals surface area contributed by atoms with E-state index in [-0.39, 0.29) is 17.0 Å². The van der Waals surface area contributed by atoms with Crippen molar-refractivity contribution in [1.29, 1.82) is 0 Å². The van der Waals surface area contributed by atoms with E-state index in [2.05, 4.69) is 12.1 Å². The number of aromatic hydroxyl groups is 1. The van der Waals surface area contributed by atoms with Crippen LogP contribution in [0.1, 0.15) is 0 Å². The summed E-state index contributed by atoms with van der Waals surface area (Å²) in [5.74, 6) is -0.134. The van der Waals surface area contributed by atoms with Gasteiger partial charge in [0.2, 0.25) is 0 Å². The lowest BCUT2D eigenvalue weighted by Gasteiger charge is -2.03. The molecule has 0 saturated heterocycles. The molecule has 1 N–H and O–H groups in total. The molecule has 4 nitrogen and oxygen atoms in total. The highest BCUT2D eigenvalue weighted by Crippen LogP contribution is 2.35. The number of phenolic OH excluding ortho intramolecular Hbond substituents is 1. The van der Waals surface area contributed by atoms with E-state index >= 15 is 0 Å². The lowest BCUT2D eigenvalue weighted by Crippen LogP contribution is -1.91. The van der Waals surface area contributed by atoms with Gasteiger partial charge in [0.15, 0.2) is 0 Å². The molecule has 78 valence electrons. The van der Waals surface area contributed by atoms with Crippen LogP contribution in [-0.4, -0.2) is 10.0 Å². The molecule has 2 rings (SSSR count). The number of nitrogens with zero attached hydrogens (tertiary/aromatic N) is 1. The monoisotopic (exact) mass is 213 g/mol. The fourth-order valence-electron chi connectivity index (χ4n) is 1.46. The molecule has 0 aromatic heterocycles. The van der Waals surface area contributed by atoms with Crippen molar-refractivity contribution in [1.82, 2.24) is 0 Å². The van der Waals surface area contributed by atoms with Crippen molar-refractivity contribution in [2.75, 3.05) is 0 Å². The Balaban J connectivity index is 2.68. The molecule has 0 saturated carbocycles. The molecule has 2 aromatic carbocycles. The third kappa shape index (κ3) is 1.66. The van der Waals surface area contributed by atoms with Gasteiger partial charge in [0, 0.05) is 11.6 Å². The number of rotatable bonds is 2. The molecule has 16 heavy (non-hydrogen) atoms. The van der Waals surface area contributed by atoms with E-state index in [4.69, 9.17) is 0 Å². The van der Waals surface area contributed by atoms with Gasteiger partial charge in [0.25, 0.3) is 5.69 Å². The zero-order chi connectivity index (χ0) is 11.5. The third-order valence-corrected chi connectivity index (χ3v) is 2.14. The van der Waals surface area contributed by atoms with Gasteiger partial charge in [-0.3, -0.25) is 10.1 Å². The first-order chi connectivity index (χ1) is 7.70. The van der Waals surface area contributed by atoms with Crippen LogP contribution in [0.3, 0.4) is 0 Å².